The highest BCUT2D eigenvalue weighted by Crippen LogP contribution is 2.31. The average Bonchev–Trinajstić information content (AvgIpc) is 2.53. The van der Waals surface area contributed by atoms with E-state index in [0.717, 1.165) is 35.7 Å². The van der Waals surface area contributed by atoms with E-state index in [2.05, 4.69) is 16.4 Å². The van der Waals surface area contributed by atoms with Crippen LogP contribution in [0.15, 0.2) is 36.5 Å². The van der Waals surface area contributed by atoms with Crippen molar-refractivity contribution in [2.45, 2.75) is 51.7 Å². The van der Waals surface area contributed by atoms with Crippen LogP contribution in [0.4, 0.5) is 9.18 Å². The molecule has 1 aromatic carbocycles. The van der Waals surface area contributed by atoms with Crippen LogP contribution >= 0.6 is 0 Å². The summed E-state index contributed by atoms with van der Waals surface area (Å²) in [4.78, 5) is 16.2. The van der Waals surface area contributed by atoms with E-state index >= 15 is 0 Å². The Labute approximate surface area is 147 Å². The quantitative estimate of drug-likeness (QED) is 0.850. The Balaban J connectivity index is 1.74. The van der Waals surface area contributed by atoms with E-state index in [0.29, 0.717) is 0 Å². The smallest absolute Gasteiger partial charge is 0.407 e. The van der Waals surface area contributed by atoms with Crippen molar-refractivity contribution in [3.63, 3.8) is 0 Å². The average molecular weight is 342 g/mol. The Morgan fingerprint density at radius 3 is 2.80 bits per heavy atom. The Morgan fingerprint density at radius 2 is 2.12 bits per heavy atom. The number of pyridine rings is 1. The second-order valence-corrected chi connectivity index (χ2v) is 7.37. The fourth-order valence-electron chi connectivity index (χ4n) is 3.08. The lowest BCUT2D eigenvalue weighted by Gasteiger charge is -2.26. The zero-order chi connectivity index (χ0) is 18.0. The van der Waals surface area contributed by atoms with E-state index in [-0.39, 0.29) is 18.0 Å². The summed E-state index contributed by atoms with van der Waals surface area (Å²) in [6, 6.07) is 6.64. The van der Waals surface area contributed by atoms with Gasteiger partial charge in [-0.05, 0) is 75.4 Å². The summed E-state index contributed by atoms with van der Waals surface area (Å²) in [6.07, 6.45) is 5.85. The van der Waals surface area contributed by atoms with E-state index in [9.17, 15) is 9.18 Å². The number of carbonyl (C=O) groups excluding carboxylic acids is 1. The van der Waals surface area contributed by atoms with Crippen molar-refractivity contribution in [2.75, 3.05) is 0 Å². The number of nitrogens with zero attached hydrogens (tertiary/aromatic N) is 1. The number of hydrogen-bond acceptors (Lipinski definition) is 3. The highest BCUT2D eigenvalue weighted by Gasteiger charge is 2.22. The number of rotatable bonds is 2. The van der Waals surface area contributed by atoms with Crippen molar-refractivity contribution < 1.29 is 13.9 Å². The minimum absolute atomic E-state index is 0.0587. The third-order valence-electron chi connectivity index (χ3n) is 4.18. The van der Waals surface area contributed by atoms with Gasteiger partial charge >= 0.3 is 6.09 Å². The summed E-state index contributed by atoms with van der Waals surface area (Å²) in [6.45, 7) is 5.54. The molecule has 5 heteroatoms. The molecule has 0 spiro atoms. The standard InChI is InChI=1S/C20H23FN2O2/c1-20(2,3)25-19(24)23-15-7-4-13(5-8-15)16-10-11-22-18-9-6-14(21)12-17(16)18/h4,6,9-12,15H,5,7-8H2,1-3H3,(H,23,24). The normalized spacial score (nSPS) is 17.9. The molecule has 1 aliphatic rings. The monoisotopic (exact) mass is 342 g/mol. The van der Waals surface area contributed by atoms with E-state index in [1.54, 1.807) is 12.3 Å². The van der Waals surface area contributed by atoms with Crippen LogP contribution < -0.4 is 5.32 Å². The molecule has 4 nitrogen and oxygen atoms in total. The molecule has 0 saturated carbocycles. The Hall–Kier alpha value is -2.43. The van der Waals surface area contributed by atoms with Crippen molar-refractivity contribution in [1.82, 2.24) is 10.3 Å². The van der Waals surface area contributed by atoms with Gasteiger partial charge in [-0.3, -0.25) is 4.98 Å². The molecule has 0 bridgehead atoms. The maximum Gasteiger partial charge on any atom is 0.407 e. The third kappa shape index (κ3) is 4.35. The fraction of sp³-hybridized carbons (Fsp3) is 0.400. The largest absolute Gasteiger partial charge is 0.444 e. The Bertz CT molecular complexity index is 824. The minimum Gasteiger partial charge on any atom is -0.444 e. The van der Waals surface area contributed by atoms with Gasteiger partial charge in [-0.2, -0.15) is 0 Å². The zero-order valence-corrected chi connectivity index (χ0v) is 14.8. The van der Waals surface area contributed by atoms with Crippen LogP contribution in [-0.2, 0) is 4.74 Å². The number of fused-ring (bicyclic) bond motifs is 1. The van der Waals surface area contributed by atoms with Crippen LogP contribution in [0.1, 0.15) is 45.6 Å². The van der Waals surface area contributed by atoms with Crippen LogP contribution in [-0.4, -0.2) is 22.7 Å². The number of ether oxygens (including phenoxy) is 1. The predicted octanol–water partition coefficient (Wildman–Crippen LogP) is 4.83. The second kappa shape index (κ2) is 6.82. The lowest BCUT2D eigenvalue weighted by Crippen LogP contribution is -2.39. The Morgan fingerprint density at radius 1 is 1.32 bits per heavy atom. The van der Waals surface area contributed by atoms with Gasteiger partial charge in [-0.15, -0.1) is 0 Å². The number of benzene rings is 1. The molecule has 0 radical (unpaired) electrons. The number of carbonyl (C=O) groups is 1. The summed E-state index contributed by atoms with van der Waals surface area (Å²) in [7, 11) is 0. The number of aromatic nitrogens is 1. The molecule has 25 heavy (non-hydrogen) atoms. The number of alkyl carbamates (subject to hydrolysis) is 1. The molecule has 0 aliphatic heterocycles. The Kier molecular flexibility index (Phi) is 4.75. The summed E-state index contributed by atoms with van der Waals surface area (Å²) in [5.74, 6) is -0.261. The minimum atomic E-state index is -0.500. The van der Waals surface area contributed by atoms with Gasteiger partial charge in [0, 0.05) is 17.6 Å². The molecular weight excluding hydrogens is 319 g/mol. The molecule has 1 aliphatic carbocycles. The van der Waals surface area contributed by atoms with E-state index in [1.165, 1.54) is 17.7 Å². The molecule has 0 saturated heterocycles. The zero-order valence-electron chi connectivity index (χ0n) is 14.8. The summed E-state index contributed by atoms with van der Waals surface area (Å²) >= 11 is 0. The molecule has 1 N–H and O–H groups in total. The molecule has 1 unspecified atom stereocenters. The predicted molar refractivity (Wildman–Crippen MR) is 96.7 cm³/mol. The van der Waals surface area contributed by atoms with Crippen LogP contribution in [0.2, 0.25) is 0 Å². The fourth-order valence-corrected chi connectivity index (χ4v) is 3.08. The van der Waals surface area contributed by atoms with Gasteiger partial charge in [0.25, 0.3) is 0 Å². The van der Waals surface area contributed by atoms with Gasteiger partial charge in [0.2, 0.25) is 0 Å². The number of amides is 1. The van der Waals surface area contributed by atoms with Gasteiger partial charge in [-0.25, -0.2) is 9.18 Å². The van der Waals surface area contributed by atoms with Gasteiger partial charge in [0.15, 0.2) is 0 Å². The van der Waals surface area contributed by atoms with E-state index in [4.69, 9.17) is 4.74 Å². The van der Waals surface area contributed by atoms with Crippen LogP contribution in [0.3, 0.4) is 0 Å². The first-order valence-electron chi connectivity index (χ1n) is 8.55. The molecular formula is C20H23FN2O2. The molecule has 1 aromatic heterocycles. The first-order valence-corrected chi connectivity index (χ1v) is 8.55. The van der Waals surface area contributed by atoms with Crippen LogP contribution in [0.25, 0.3) is 16.5 Å². The molecule has 1 atom stereocenters. The summed E-state index contributed by atoms with van der Waals surface area (Å²) < 4.78 is 18.9. The van der Waals surface area contributed by atoms with Crippen molar-refractivity contribution in [3.8, 4) is 0 Å². The number of halogens is 1. The lowest BCUT2D eigenvalue weighted by atomic mass is 9.89. The summed E-state index contributed by atoms with van der Waals surface area (Å²) in [5, 5.41) is 3.74. The second-order valence-electron chi connectivity index (χ2n) is 7.37. The van der Waals surface area contributed by atoms with Gasteiger partial charge < -0.3 is 10.1 Å². The van der Waals surface area contributed by atoms with Crippen LogP contribution in [0.5, 0.6) is 0 Å². The first kappa shape index (κ1) is 17.4. The molecule has 1 heterocycles. The number of nitrogens with one attached hydrogen (secondary N) is 1. The maximum absolute atomic E-state index is 13.6. The number of allylic oxidation sites excluding steroid dienone is 1. The van der Waals surface area contributed by atoms with E-state index in [1.807, 2.05) is 26.8 Å². The van der Waals surface area contributed by atoms with Crippen molar-refractivity contribution in [2.24, 2.45) is 0 Å². The molecule has 0 fully saturated rings. The van der Waals surface area contributed by atoms with Crippen LogP contribution in [0, 0.1) is 5.82 Å². The third-order valence-corrected chi connectivity index (χ3v) is 4.18. The molecule has 132 valence electrons. The topological polar surface area (TPSA) is 51.2 Å². The van der Waals surface area contributed by atoms with Gasteiger partial charge in [0.1, 0.15) is 11.4 Å². The SMILES string of the molecule is CC(C)(C)OC(=O)NC1CC=C(c2ccnc3ccc(F)cc23)CC1. The highest BCUT2D eigenvalue weighted by atomic mass is 19.1. The van der Waals surface area contributed by atoms with Crippen molar-refractivity contribution in [3.05, 3.63) is 47.9 Å². The van der Waals surface area contributed by atoms with Gasteiger partial charge in [-0.1, -0.05) is 6.08 Å². The number of hydrogen-bond donors (Lipinski definition) is 1. The summed E-state index contributed by atoms with van der Waals surface area (Å²) in [5.41, 5.74) is 2.47. The van der Waals surface area contributed by atoms with Gasteiger partial charge in [0.05, 0.1) is 5.52 Å². The van der Waals surface area contributed by atoms with E-state index < -0.39 is 5.60 Å². The maximum atomic E-state index is 13.6. The highest BCUT2D eigenvalue weighted by molar-refractivity contribution is 5.91. The van der Waals surface area contributed by atoms with Crippen molar-refractivity contribution >= 4 is 22.6 Å². The molecule has 1 amide bonds. The molecule has 2 aromatic rings. The lowest BCUT2D eigenvalue weighted by molar-refractivity contribution is 0.0502. The first-order chi connectivity index (χ1) is 11.8. The molecule has 3 rings (SSSR count). The van der Waals surface area contributed by atoms with Crippen molar-refractivity contribution in [1.29, 1.82) is 0 Å².